The van der Waals surface area contributed by atoms with Gasteiger partial charge >= 0.3 is 0 Å². The van der Waals surface area contributed by atoms with Crippen LogP contribution >= 0.6 is 11.6 Å². The number of hydrogen-bond acceptors (Lipinski definition) is 5. The van der Waals surface area contributed by atoms with Crippen LogP contribution in [0.1, 0.15) is 19.4 Å². The lowest BCUT2D eigenvalue weighted by Crippen LogP contribution is -2.51. The van der Waals surface area contributed by atoms with E-state index in [2.05, 4.69) is 5.32 Å². The van der Waals surface area contributed by atoms with E-state index < -0.39 is 34.3 Å². The van der Waals surface area contributed by atoms with Crippen molar-refractivity contribution in [3.05, 3.63) is 58.9 Å². The van der Waals surface area contributed by atoms with Gasteiger partial charge in [-0.2, -0.15) is 0 Å². The standard InChI is InChI=1S/C22H27ClFN3O5S/c1-5-25-22(29)15(2)26(13-16-7-6-8-18(11-16)32-3)21(28)14-27(33(4,30)31)17-9-10-20(24)19(23)12-17/h6-12,15H,5,13-14H2,1-4H3,(H,25,29)/t15-/m0/s1. The van der Waals surface area contributed by atoms with Crippen molar-refractivity contribution in [1.82, 2.24) is 10.2 Å². The molecule has 0 fully saturated rings. The molecule has 0 saturated heterocycles. The number of nitrogens with zero attached hydrogens (tertiary/aromatic N) is 2. The molecule has 1 atom stereocenters. The van der Waals surface area contributed by atoms with Crippen LogP contribution in [-0.4, -0.2) is 57.6 Å². The number of likely N-dealkylation sites (N-methyl/N-ethyl adjacent to an activating group) is 1. The summed E-state index contributed by atoms with van der Waals surface area (Å²) in [5, 5.41) is 2.39. The normalized spacial score (nSPS) is 12.1. The monoisotopic (exact) mass is 499 g/mol. The molecule has 0 aromatic heterocycles. The largest absolute Gasteiger partial charge is 0.497 e. The zero-order valence-corrected chi connectivity index (χ0v) is 20.4. The van der Waals surface area contributed by atoms with Gasteiger partial charge in [0.1, 0.15) is 24.2 Å². The van der Waals surface area contributed by atoms with E-state index in [1.807, 2.05) is 0 Å². The minimum Gasteiger partial charge on any atom is -0.497 e. The molecule has 0 heterocycles. The fourth-order valence-corrected chi connectivity index (χ4v) is 4.14. The molecule has 2 aromatic carbocycles. The number of nitrogens with one attached hydrogen (secondary N) is 1. The SMILES string of the molecule is CCNC(=O)[C@H](C)N(Cc1cccc(OC)c1)C(=O)CN(c1ccc(F)c(Cl)c1)S(C)(=O)=O. The molecule has 8 nitrogen and oxygen atoms in total. The number of hydrogen-bond donors (Lipinski definition) is 1. The molecule has 0 aliphatic carbocycles. The summed E-state index contributed by atoms with van der Waals surface area (Å²) in [7, 11) is -2.42. The van der Waals surface area contributed by atoms with Gasteiger partial charge in [-0.3, -0.25) is 13.9 Å². The van der Waals surface area contributed by atoms with Crippen molar-refractivity contribution in [3.8, 4) is 5.75 Å². The molecule has 0 unspecified atom stereocenters. The number of rotatable bonds is 10. The van der Waals surface area contributed by atoms with Crippen molar-refractivity contribution in [2.75, 3.05) is 30.8 Å². The predicted molar refractivity (Wildman–Crippen MR) is 125 cm³/mol. The van der Waals surface area contributed by atoms with Gasteiger partial charge in [-0.25, -0.2) is 12.8 Å². The molecule has 0 radical (unpaired) electrons. The van der Waals surface area contributed by atoms with E-state index in [0.717, 1.165) is 22.7 Å². The smallest absolute Gasteiger partial charge is 0.244 e. The van der Waals surface area contributed by atoms with E-state index in [9.17, 15) is 22.4 Å². The van der Waals surface area contributed by atoms with Crippen molar-refractivity contribution in [2.24, 2.45) is 0 Å². The minimum absolute atomic E-state index is 0.0317. The second kappa shape index (κ2) is 11.3. The molecule has 0 spiro atoms. The highest BCUT2D eigenvalue weighted by Crippen LogP contribution is 2.25. The van der Waals surface area contributed by atoms with Crippen LogP contribution in [0.4, 0.5) is 10.1 Å². The Kier molecular flexibility index (Phi) is 9.07. The first-order valence-electron chi connectivity index (χ1n) is 10.1. The Morgan fingerprint density at radius 3 is 2.48 bits per heavy atom. The Labute approximate surface area is 198 Å². The van der Waals surface area contributed by atoms with Crippen molar-refractivity contribution >= 4 is 39.1 Å². The number of carbonyl (C=O) groups excluding carboxylic acids is 2. The Morgan fingerprint density at radius 1 is 1.21 bits per heavy atom. The van der Waals surface area contributed by atoms with Crippen LogP contribution < -0.4 is 14.4 Å². The van der Waals surface area contributed by atoms with Gasteiger partial charge in [-0.1, -0.05) is 23.7 Å². The minimum atomic E-state index is -3.93. The summed E-state index contributed by atoms with van der Waals surface area (Å²) in [5.74, 6) is -1.15. The quantitative estimate of drug-likeness (QED) is 0.542. The number of methoxy groups -OCH3 is 1. The number of benzene rings is 2. The van der Waals surface area contributed by atoms with E-state index in [-0.39, 0.29) is 23.2 Å². The van der Waals surface area contributed by atoms with E-state index in [0.29, 0.717) is 17.9 Å². The number of ether oxygens (including phenoxy) is 1. The molecule has 33 heavy (non-hydrogen) atoms. The second-order valence-electron chi connectivity index (χ2n) is 7.31. The maximum atomic E-state index is 13.6. The summed E-state index contributed by atoms with van der Waals surface area (Å²) in [6.07, 6.45) is 0.928. The first-order chi connectivity index (χ1) is 15.5. The van der Waals surface area contributed by atoms with Crippen LogP contribution in [0, 0.1) is 5.82 Å². The fraction of sp³-hybridized carbons (Fsp3) is 0.364. The number of sulfonamides is 1. The van der Waals surface area contributed by atoms with Gasteiger partial charge in [0.15, 0.2) is 0 Å². The molecule has 1 N–H and O–H groups in total. The van der Waals surface area contributed by atoms with Crippen molar-refractivity contribution in [3.63, 3.8) is 0 Å². The first-order valence-corrected chi connectivity index (χ1v) is 12.3. The summed E-state index contributed by atoms with van der Waals surface area (Å²) in [4.78, 5) is 27.1. The zero-order chi connectivity index (χ0) is 24.8. The molecular weight excluding hydrogens is 473 g/mol. The van der Waals surface area contributed by atoms with Gasteiger partial charge in [0.25, 0.3) is 0 Å². The average molecular weight is 500 g/mol. The molecule has 2 amide bonds. The highest BCUT2D eigenvalue weighted by atomic mass is 35.5. The van der Waals surface area contributed by atoms with Crippen LogP contribution in [-0.2, 0) is 26.2 Å². The molecule has 180 valence electrons. The summed E-state index contributed by atoms with van der Waals surface area (Å²) >= 11 is 5.81. The van der Waals surface area contributed by atoms with Crippen molar-refractivity contribution in [1.29, 1.82) is 0 Å². The van der Waals surface area contributed by atoms with Gasteiger partial charge < -0.3 is 15.0 Å². The number of amides is 2. The average Bonchev–Trinajstić information content (AvgIpc) is 2.76. The second-order valence-corrected chi connectivity index (χ2v) is 9.63. The summed E-state index contributed by atoms with van der Waals surface area (Å²) in [5.41, 5.74) is 0.721. The molecular formula is C22H27ClFN3O5S. The van der Waals surface area contributed by atoms with Gasteiger partial charge in [0, 0.05) is 13.1 Å². The van der Waals surface area contributed by atoms with Gasteiger partial charge in [0.05, 0.1) is 24.1 Å². The van der Waals surface area contributed by atoms with E-state index in [4.69, 9.17) is 16.3 Å². The maximum Gasteiger partial charge on any atom is 0.244 e. The predicted octanol–water partition coefficient (Wildman–Crippen LogP) is 2.81. The molecule has 0 aliphatic rings. The topological polar surface area (TPSA) is 96.0 Å². The lowest BCUT2D eigenvalue weighted by atomic mass is 10.1. The van der Waals surface area contributed by atoms with E-state index in [1.165, 1.54) is 18.1 Å². The third-order valence-corrected chi connectivity index (χ3v) is 6.31. The highest BCUT2D eigenvalue weighted by molar-refractivity contribution is 7.92. The molecule has 0 aliphatic heterocycles. The highest BCUT2D eigenvalue weighted by Gasteiger charge is 2.30. The third-order valence-electron chi connectivity index (χ3n) is 4.88. The lowest BCUT2D eigenvalue weighted by Gasteiger charge is -2.31. The molecule has 2 rings (SSSR count). The Bertz CT molecular complexity index is 1110. The molecule has 0 bridgehead atoms. The van der Waals surface area contributed by atoms with Gasteiger partial charge in [0.2, 0.25) is 21.8 Å². The summed E-state index contributed by atoms with van der Waals surface area (Å²) < 4.78 is 44.5. The summed E-state index contributed by atoms with van der Waals surface area (Å²) in [6.45, 7) is 3.11. The first kappa shape index (κ1) is 26.4. The number of halogens is 2. The third kappa shape index (κ3) is 7.06. The van der Waals surface area contributed by atoms with Crippen LogP contribution in [0.25, 0.3) is 0 Å². The van der Waals surface area contributed by atoms with Crippen LogP contribution in [0.15, 0.2) is 42.5 Å². The Balaban J connectivity index is 2.41. The Hall–Kier alpha value is -2.85. The van der Waals surface area contributed by atoms with Crippen LogP contribution in [0.2, 0.25) is 5.02 Å². The van der Waals surface area contributed by atoms with E-state index >= 15 is 0 Å². The van der Waals surface area contributed by atoms with Crippen molar-refractivity contribution < 1.29 is 27.1 Å². The molecule has 11 heteroatoms. The fourth-order valence-electron chi connectivity index (χ4n) is 3.13. The molecule has 2 aromatic rings. The Morgan fingerprint density at radius 2 is 1.91 bits per heavy atom. The van der Waals surface area contributed by atoms with Gasteiger partial charge in [-0.05, 0) is 49.7 Å². The number of carbonyl (C=O) groups is 2. The maximum absolute atomic E-state index is 13.6. The van der Waals surface area contributed by atoms with Gasteiger partial charge in [-0.15, -0.1) is 0 Å². The molecule has 0 saturated carbocycles. The van der Waals surface area contributed by atoms with Crippen molar-refractivity contribution in [2.45, 2.75) is 26.4 Å². The zero-order valence-electron chi connectivity index (χ0n) is 18.8. The number of anilines is 1. The van der Waals surface area contributed by atoms with Crippen LogP contribution in [0.5, 0.6) is 5.75 Å². The van der Waals surface area contributed by atoms with Crippen LogP contribution in [0.3, 0.4) is 0 Å². The van der Waals surface area contributed by atoms with E-state index in [1.54, 1.807) is 38.1 Å². The summed E-state index contributed by atoms with van der Waals surface area (Å²) in [6, 6.07) is 9.46. The lowest BCUT2D eigenvalue weighted by molar-refractivity contribution is -0.139.